The molecule has 3 aliphatic rings. The SMILES string of the molecule is CN(CC(F)(F)C(F)(F)C(F)(F)F)C(=O)CCCCCCCOc1ccc([C@H]2C[C@]3(C)[C@@H](O)CC[C@H]3[C@@H]3CCc4cc(O)ccc4[C@H]32)cc1. The van der Waals surface area contributed by atoms with Gasteiger partial charge in [0.25, 0.3) is 0 Å². The molecule has 2 aromatic rings. The van der Waals surface area contributed by atoms with Crippen LogP contribution >= 0.6 is 0 Å². The number of halogens is 7. The van der Waals surface area contributed by atoms with E-state index in [0.717, 1.165) is 57.7 Å². The fourth-order valence-corrected chi connectivity index (χ4v) is 8.79. The Morgan fingerprint density at radius 1 is 0.939 bits per heavy atom. The van der Waals surface area contributed by atoms with Gasteiger partial charge in [-0.05, 0) is 115 Å². The molecule has 1 amide bonds. The highest BCUT2D eigenvalue weighted by atomic mass is 19.4. The molecule has 6 atom stereocenters. The molecule has 0 heterocycles. The average Bonchev–Trinajstić information content (AvgIpc) is 3.34. The zero-order valence-corrected chi connectivity index (χ0v) is 27.9. The molecule has 5 rings (SSSR count). The van der Waals surface area contributed by atoms with E-state index in [0.29, 0.717) is 37.2 Å². The van der Waals surface area contributed by atoms with Crippen LogP contribution in [0.15, 0.2) is 42.5 Å². The fraction of sp³-hybridized carbons (Fsp3) is 0.649. The quantitative estimate of drug-likeness (QED) is 0.162. The summed E-state index contributed by atoms with van der Waals surface area (Å²) in [7, 11) is 0.787. The smallest absolute Gasteiger partial charge is 0.459 e. The van der Waals surface area contributed by atoms with E-state index in [1.165, 1.54) is 16.7 Å². The van der Waals surface area contributed by atoms with Crippen LogP contribution in [-0.2, 0) is 11.2 Å². The van der Waals surface area contributed by atoms with Crippen molar-refractivity contribution in [3.05, 3.63) is 59.2 Å². The molecule has 0 aliphatic heterocycles. The van der Waals surface area contributed by atoms with Crippen LogP contribution in [0.1, 0.15) is 99.7 Å². The van der Waals surface area contributed by atoms with Crippen LogP contribution in [0, 0.1) is 17.3 Å². The molecule has 3 aliphatic carbocycles. The van der Waals surface area contributed by atoms with E-state index in [4.69, 9.17) is 4.74 Å². The van der Waals surface area contributed by atoms with E-state index in [-0.39, 0.29) is 40.9 Å². The van der Waals surface area contributed by atoms with Gasteiger partial charge in [0.1, 0.15) is 11.5 Å². The fourth-order valence-electron chi connectivity index (χ4n) is 8.79. The molecule has 272 valence electrons. The normalized spacial score (nSPS) is 26.9. The number of carbonyl (C=O) groups excluding carboxylic acids is 1. The number of rotatable bonds is 13. The number of aromatic hydroxyl groups is 1. The predicted molar refractivity (Wildman–Crippen MR) is 170 cm³/mol. The third-order valence-electron chi connectivity index (χ3n) is 11.5. The molecule has 12 heteroatoms. The minimum absolute atomic E-state index is 0.137. The van der Waals surface area contributed by atoms with Gasteiger partial charge in [-0.25, -0.2) is 0 Å². The first-order chi connectivity index (χ1) is 23.0. The van der Waals surface area contributed by atoms with E-state index < -0.39 is 30.5 Å². The van der Waals surface area contributed by atoms with Crippen molar-refractivity contribution < 1.29 is 50.5 Å². The lowest BCUT2D eigenvalue weighted by Crippen LogP contribution is -2.57. The second-order valence-electron chi connectivity index (χ2n) is 14.6. The van der Waals surface area contributed by atoms with Crippen molar-refractivity contribution in [3.8, 4) is 11.5 Å². The van der Waals surface area contributed by atoms with E-state index in [9.17, 15) is 45.7 Å². The number of amides is 1. The summed E-state index contributed by atoms with van der Waals surface area (Å²) >= 11 is 0. The monoisotopic (exact) mass is 701 g/mol. The number of aliphatic hydroxyl groups excluding tert-OH is 1. The standard InChI is InChI=1S/C37H46F7NO4/c1-34-21-29(33-27-16-12-25(46)20-24(27)11-15-28(33)30(34)17-18-31(34)47)23-9-13-26(14-10-23)49-19-7-5-3-4-6-8-32(48)45(2)22-35(38,39)36(40,41)37(42,43)44/h9-10,12-14,16,20,28-31,33,46-47H,3-8,11,15,17-19,21-22H2,1-2H3/t28-,29+,30-,31-,33+,34-/m0/s1. The van der Waals surface area contributed by atoms with Crippen LogP contribution in [-0.4, -0.2) is 65.3 Å². The molecule has 2 saturated carbocycles. The molecular weight excluding hydrogens is 655 g/mol. The molecule has 2 fully saturated rings. The number of hydrogen-bond donors (Lipinski definition) is 2. The number of aryl methyl sites for hydroxylation is 1. The Bertz CT molecular complexity index is 1450. The van der Waals surface area contributed by atoms with Crippen LogP contribution in [0.2, 0.25) is 0 Å². The summed E-state index contributed by atoms with van der Waals surface area (Å²) in [5.74, 6) is -10.1. The van der Waals surface area contributed by atoms with E-state index in [1.807, 2.05) is 18.2 Å². The van der Waals surface area contributed by atoms with Crippen molar-refractivity contribution in [2.45, 2.75) is 114 Å². The molecule has 2 aromatic carbocycles. The van der Waals surface area contributed by atoms with E-state index in [2.05, 4.69) is 25.1 Å². The predicted octanol–water partition coefficient (Wildman–Crippen LogP) is 9.01. The highest BCUT2D eigenvalue weighted by Gasteiger charge is 2.73. The molecule has 2 N–H and O–H groups in total. The van der Waals surface area contributed by atoms with Gasteiger partial charge in [-0.15, -0.1) is 0 Å². The first kappa shape index (κ1) is 37.2. The van der Waals surface area contributed by atoms with Crippen molar-refractivity contribution in [3.63, 3.8) is 0 Å². The number of unbranched alkanes of at least 4 members (excludes halogenated alkanes) is 4. The van der Waals surface area contributed by atoms with Gasteiger partial charge in [-0.1, -0.05) is 44.4 Å². The highest BCUT2D eigenvalue weighted by molar-refractivity contribution is 5.75. The first-order valence-corrected chi connectivity index (χ1v) is 17.2. The largest absolute Gasteiger partial charge is 0.508 e. The van der Waals surface area contributed by atoms with Crippen molar-refractivity contribution in [2.24, 2.45) is 17.3 Å². The lowest BCUT2D eigenvalue weighted by atomic mass is 9.51. The van der Waals surface area contributed by atoms with Gasteiger partial charge in [0.05, 0.1) is 19.3 Å². The summed E-state index contributed by atoms with van der Waals surface area (Å²) < 4.78 is 96.4. The summed E-state index contributed by atoms with van der Waals surface area (Å²) in [4.78, 5) is 12.3. The van der Waals surface area contributed by atoms with Crippen molar-refractivity contribution in [1.82, 2.24) is 4.90 Å². The van der Waals surface area contributed by atoms with Crippen LogP contribution < -0.4 is 4.74 Å². The Kier molecular flexibility index (Phi) is 10.9. The number of carbonyl (C=O) groups is 1. The van der Waals surface area contributed by atoms with Gasteiger partial charge in [-0.3, -0.25) is 4.79 Å². The molecular formula is C37H46F7NO4. The molecule has 5 nitrogen and oxygen atoms in total. The van der Waals surface area contributed by atoms with Gasteiger partial charge in [0.2, 0.25) is 5.91 Å². The number of nitrogens with zero attached hydrogens (tertiary/aromatic N) is 1. The highest BCUT2D eigenvalue weighted by Crippen LogP contribution is 2.65. The third kappa shape index (κ3) is 7.54. The summed E-state index contributed by atoms with van der Waals surface area (Å²) in [6.07, 6.45) is 0.819. The molecule has 0 bridgehead atoms. The molecule has 0 saturated heterocycles. The maximum atomic E-state index is 13.6. The number of aliphatic hydroxyl groups is 1. The van der Waals surface area contributed by atoms with Crippen LogP contribution in [0.5, 0.6) is 11.5 Å². The Balaban J connectivity index is 1.07. The second kappa shape index (κ2) is 14.3. The van der Waals surface area contributed by atoms with Gasteiger partial charge < -0.3 is 19.8 Å². The molecule has 0 aromatic heterocycles. The van der Waals surface area contributed by atoms with Crippen LogP contribution in [0.3, 0.4) is 0 Å². The topological polar surface area (TPSA) is 70.0 Å². The Morgan fingerprint density at radius 3 is 2.31 bits per heavy atom. The maximum absolute atomic E-state index is 13.6. The second-order valence-corrected chi connectivity index (χ2v) is 14.6. The summed E-state index contributed by atoms with van der Waals surface area (Å²) in [5, 5.41) is 21.2. The molecule has 0 radical (unpaired) electrons. The zero-order chi connectivity index (χ0) is 35.8. The number of hydrogen-bond acceptors (Lipinski definition) is 4. The molecule has 0 spiro atoms. The first-order valence-electron chi connectivity index (χ1n) is 17.2. The van der Waals surface area contributed by atoms with Crippen molar-refractivity contribution >= 4 is 5.91 Å². The Hall–Kier alpha value is -3.02. The van der Waals surface area contributed by atoms with Crippen molar-refractivity contribution in [2.75, 3.05) is 20.2 Å². The molecule has 49 heavy (non-hydrogen) atoms. The number of phenols is 1. The summed E-state index contributed by atoms with van der Waals surface area (Å²) in [6.45, 7) is 0.688. The van der Waals surface area contributed by atoms with E-state index >= 15 is 0 Å². The Labute approximate surface area is 282 Å². The lowest BCUT2D eigenvalue weighted by Gasteiger charge is -2.54. The third-order valence-corrected chi connectivity index (χ3v) is 11.5. The van der Waals surface area contributed by atoms with Gasteiger partial charge in [0, 0.05) is 13.5 Å². The number of fused-ring (bicyclic) bond motifs is 5. The van der Waals surface area contributed by atoms with Gasteiger partial charge >= 0.3 is 18.0 Å². The van der Waals surface area contributed by atoms with Crippen LogP contribution in [0.25, 0.3) is 0 Å². The van der Waals surface area contributed by atoms with Crippen molar-refractivity contribution in [1.29, 1.82) is 0 Å². The average molecular weight is 702 g/mol. The number of ether oxygens (including phenoxy) is 1. The van der Waals surface area contributed by atoms with E-state index in [1.54, 1.807) is 6.07 Å². The maximum Gasteiger partial charge on any atom is 0.459 e. The number of phenolic OH excluding ortho intramolecular Hbond substituents is 1. The summed E-state index contributed by atoms with van der Waals surface area (Å²) in [6, 6.07) is 13.9. The Morgan fingerprint density at radius 2 is 1.61 bits per heavy atom. The molecule has 0 unspecified atom stereocenters. The summed E-state index contributed by atoms with van der Waals surface area (Å²) in [5.41, 5.74) is 3.59. The minimum atomic E-state index is -6.43. The number of alkyl halides is 7. The zero-order valence-electron chi connectivity index (χ0n) is 27.9. The minimum Gasteiger partial charge on any atom is -0.508 e. The lowest BCUT2D eigenvalue weighted by molar-refractivity contribution is -0.355. The van der Waals surface area contributed by atoms with Gasteiger partial charge in [0.15, 0.2) is 0 Å². The number of benzene rings is 2. The van der Waals surface area contributed by atoms with Gasteiger partial charge in [-0.2, -0.15) is 30.7 Å². The van der Waals surface area contributed by atoms with Crippen LogP contribution in [0.4, 0.5) is 30.7 Å².